The van der Waals surface area contributed by atoms with Gasteiger partial charge in [-0.25, -0.2) is 0 Å². The second-order valence-electron chi connectivity index (χ2n) is 8.04. The zero-order valence-corrected chi connectivity index (χ0v) is 16.7. The molecule has 27 heavy (non-hydrogen) atoms. The Morgan fingerprint density at radius 3 is 2.63 bits per heavy atom. The third kappa shape index (κ3) is 3.90. The van der Waals surface area contributed by atoms with Crippen molar-refractivity contribution < 1.29 is 4.79 Å². The van der Waals surface area contributed by atoms with E-state index in [0.717, 1.165) is 38.2 Å². The molecule has 0 aromatic heterocycles. The second kappa shape index (κ2) is 7.65. The van der Waals surface area contributed by atoms with Crippen molar-refractivity contribution in [3.63, 3.8) is 0 Å². The average molecular weight is 383 g/mol. The Hall–Kier alpha value is -1.84. The molecule has 0 aliphatic carbocycles. The van der Waals surface area contributed by atoms with Gasteiger partial charge >= 0.3 is 0 Å². The summed E-state index contributed by atoms with van der Waals surface area (Å²) in [6.07, 6.45) is 3.98. The first kappa shape index (κ1) is 18.5. The topological polar surface area (TPSA) is 23.6 Å². The van der Waals surface area contributed by atoms with Gasteiger partial charge in [0, 0.05) is 30.2 Å². The standard InChI is InChI=1S/C23H27ClN2O/c1-18-5-2-3-6-20(18)16-26-13-4-11-23(26)12-14-25(17-23)22(27)15-19-7-9-21(24)10-8-19/h2-3,5-10H,4,11-17H2,1H3/t23-/m0/s1. The van der Waals surface area contributed by atoms with E-state index in [9.17, 15) is 4.79 Å². The van der Waals surface area contributed by atoms with Crippen LogP contribution in [0.15, 0.2) is 48.5 Å². The van der Waals surface area contributed by atoms with Crippen molar-refractivity contribution in [2.45, 2.75) is 44.7 Å². The molecule has 2 aromatic rings. The number of benzene rings is 2. The number of carbonyl (C=O) groups is 1. The van der Waals surface area contributed by atoms with Crippen molar-refractivity contribution in [2.24, 2.45) is 0 Å². The lowest BCUT2D eigenvalue weighted by atomic mass is 9.94. The molecule has 2 saturated heterocycles. The minimum atomic E-state index is 0.165. The molecular weight excluding hydrogens is 356 g/mol. The van der Waals surface area contributed by atoms with Gasteiger partial charge in [0.05, 0.1) is 6.42 Å². The molecule has 4 rings (SSSR count). The zero-order chi connectivity index (χ0) is 18.9. The lowest BCUT2D eigenvalue weighted by Crippen LogP contribution is -2.46. The highest BCUT2D eigenvalue weighted by Gasteiger charge is 2.46. The van der Waals surface area contributed by atoms with Crippen molar-refractivity contribution in [3.05, 3.63) is 70.2 Å². The Labute approximate surface area is 166 Å². The quantitative estimate of drug-likeness (QED) is 0.779. The summed E-state index contributed by atoms with van der Waals surface area (Å²) < 4.78 is 0. The van der Waals surface area contributed by atoms with Gasteiger partial charge in [0.1, 0.15) is 0 Å². The Bertz CT molecular complexity index is 819. The molecule has 2 heterocycles. The van der Waals surface area contributed by atoms with Gasteiger partial charge in [-0.2, -0.15) is 0 Å². The highest BCUT2D eigenvalue weighted by Crippen LogP contribution is 2.39. The number of likely N-dealkylation sites (tertiary alicyclic amines) is 2. The number of hydrogen-bond donors (Lipinski definition) is 0. The smallest absolute Gasteiger partial charge is 0.227 e. The maximum Gasteiger partial charge on any atom is 0.227 e. The van der Waals surface area contributed by atoms with E-state index in [-0.39, 0.29) is 11.4 Å². The van der Waals surface area contributed by atoms with E-state index in [2.05, 4.69) is 41.0 Å². The Morgan fingerprint density at radius 1 is 1.07 bits per heavy atom. The fourth-order valence-electron chi connectivity index (χ4n) is 4.65. The van der Waals surface area contributed by atoms with Crippen LogP contribution in [-0.4, -0.2) is 40.9 Å². The highest BCUT2D eigenvalue weighted by molar-refractivity contribution is 6.30. The molecule has 2 aliphatic heterocycles. The normalized spacial score (nSPS) is 22.7. The number of halogens is 1. The molecule has 2 aliphatic rings. The minimum Gasteiger partial charge on any atom is -0.340 e. The summed E-state index contributed by atoms with van der Waals surface area (Å²) in [5, 5.41) is 0.712. The predicted molar refractivity (Wildman–Crippen MR) is 110 cm³/mol. The molecule has 2 fully saturated rings. The van der Waals surface area contributed by atoms with E-state index in [1.54, 1.807) is 0 Å². The van der Waals surface area contributed by atoms with Gasteiger partial charge in [-0.05, 0) is 61.6 Å². The van der Waals surface area contributed by atoms with Gasteiger partial charge in [-0.15, -0.1) is 0 Å². The van der Waals surface area contributed by atoms with Crippen LogP contribution >= 0.6 is 11.6 Å². The number of aryl methyl sites for hydroxylation is 1. The van der Waals surface area contributed by atoms with Gasteiger partial charge < -0.3 is 4.90 Å². The largest absolute Gasteiger partial charge is 0.340 e. The number of hydrogen-bond acceptors (Lipinski definition) is 2. The molecule has 4 heteroatoms. The van der Waals surface area contributed by atoms with Crippen LogP contribution in [0.25, 0.3) is 0 Å². The first-order valence-electron chi connectivity index (χ1n) is 9.88. The molecule has 1 amide bonds. The zero-order valence-electron chi connectivity index (χ0n) is 16.0. The van der Waals surface area contributed by atoms with Crippen molar-refractivity contribution in [1.29, 1.82) is 0 Å². The van der Waals surface area contributed by atoms with Crippen molar-refractivity contribution >= 4 is 17.5 Å². The Balaban J connectivity index is 1.43. The summed E-state index contributed by atoms with van der Waals surface area (Å²) in [5.74, 6) is 0.233. The van der Waals surface area contributed by atoms with Crippen LogP contribution in [0, 0.1) is 6.92 Å². The van der Waals surface area contributed by atoms with Gasteiger partial charge in [0.25, 0.3) is 0 Å². The van der Waals surface area contributed by atoms with Crippen LogP contribution in [0.1, 0.15) is 36.0 Å². The van der Waals surface area contributed by atoms with Crippen molar-refractivity contribution in [1.82, 2.24) is 9.80 Å². The third-order valence-electron chi connectivity index (χ3n) is 6.32. The van der Waals surface area contributed by atoms with E-state index < -0.39 is 0 Å². The molecule has 0 unspecified atom stereocenters. The first-order chi connectivity index (χ1) is 13.1. The van der Waals surface area contributed by atoms with Crippen LogP contribution in [0.3, 0.4) is 0 Å². The number of rotatable bonds is 4. The fourth-order valence-corrected chi connectivity index (χ4v) is 4.78. The molecular formula is C23H27ClN2O. The Kier molecular flexibility index (Phi) is 5.25. The molecule has 142 valence electrons. The van der Waals surface area contributed by atoms with Crippen LogP contribution in [0.4, 0.5) is 0 Å². The van der Waals surface area contributed by atoms with Crippen LogP contribution < -0.4 is 0 Å². The van der Waals surface area contributed by atoms with Crippen LogP contribution in [0.2, 0.25) is 5.02 Å². The summed E-state index contributed by atoms with van der Waals surface area (Å²) >= 11 is 5.95. The maximum absolute atomic E-state index is 12.8. The average Bonchev–Trinajstić information content (AvgIpc) is 3.27. The SMILES string of the molecule is Cc1ccccc1CN1CCC[C@@]12CCN(C(=O)Cc1ccc(Cl)cc1)C2. The van der Waals surface area contributed by atoms with E-state index in [0.29, 0.717) is 11.4 Å². The van der Waals surface area contributed by atoms with E-state index in [1.807, 2.05) is 24.3 Å². The summed E-state index contributed by atoms with van der Waals surface area (Å²) in [4.78, 5) is 17.5. The molecule has 0 N–H and O–H groups in total. The van der Waals surface area contributed by atoms with Gasteiger partial charge in [-0.1, -0.05) is 48.0 Å². The fraction of sp³-hybridized carbons (Fsp3) is 0.435. The van der Waals surface area contributed by atoms with E-state index in [1.165, 1.54) is 24.0 Å². The van der Waals surface area contributed by atoms with Crippen LogP contribution in [-0.2, 0) is 17.8 Å². The van der Waals surface area contributed by atoms with Gasteiger partial charge in [0.2, 0.25) is 5.91 Å². The lowest BCUT2D eigenvalue weighted by Gasteiger charge is -2.35. The maximum atomic E-state index is 12.8. The third-order valence-corrected chi connectivity index (χ3v) is 6.57. The minimum absolute atomic E-state index is 0.165. The monoisotopic (exact) mass is 382 g/mol. The molecule has 2 aromatic carbocycles. The molecule has 3 nitrogen and oxygen atoms in total. The molecule has 0 radical (unpaired) electrons. The van der Waals surface area contributed by atoms with Gasteiger partial charge in [0.15, 0.2) is 0 Å². The van der Waals surface area contributed by atoms with Crippen molar-refractivity contribution in [2.75, 3.05) is 19.6 Å². The molecule has 0 saturated carbocycles. The molecule has 1 atom stereocenters. The van der Waals surface area contributed by atoms with E-state index >= 15 is 0 Å². The molecule has 1 spiro atoms. The lowest BCUT2D eigenvalue weighted by molar-refractivity contribution is -0.129. The summed E-state index contributed by atoms with van der Waals surface area (Å²) in [6.45, 7) is 6.05. The van der Waals surface area contributed by atoms with Crippen LogP contribution in [0.5, 0.6) is 0 Å². The second-order valence-corrected chi connectivity index (χ2v) is 8.48. The number of carbonyl (C=O) groups excluding carboxylic acids is 1. The first-order valence-corrected chi connectivity index (χ1v) is 10.3. The van der Waals surface area contributed by atoms with E-state index in [4.69, 9.17) is 11.6 Å². The Morgan fingerprint density at radius 2 is 1.85 bits per heavy atom. The number of nitrogens with zero attached hydrogens (tertiary/aromatic N) is 2. The summed E-state index contributed by atoms with van der Waals surface area (Å²) in [6, 6.07) is 16.3. The highest BCUT2D eigenvalue weighted by atomic mass is 35.5. The number of amides is 1. The summed E-state index contributed by atoms with van der Waals surface area (Å²) in [5.41, 5.74) is 3.96. The summed E-state index contributed by atoms with van der Waals surface area (Å²) in [7, 11) is 0. The van der Waals surface area contributed by atoms with Gasteiger partial charge in [-0.3, -0.25) is 9.69 Å². The van der Waals surface area contributed by atoms with Crippen molar-refractivity contribution in [3.8, 4) is 0 Å². The predicted octanol–water partition coefficient (Wildman–Crippen LogP) is 4.46. The molecule has 0 bridgehead atoms.